The molecule has 0 aromatic heterocycles. The average Bonchev–Trinajstić information content (AvgIpc) is 2.87. The number of ether oxygens (including phenoxy) is 4. The van der Waals surface area contributed by atoms with E-state index in [-0.39, 0.29) is 37.6 Å². The first-order valence-electron chi connectivity index (χ1n) is 12.8. The molecular formula is C25H49N3O8. The summed E-state index contributed by atoms with van der Waals surface area (Å²) in [7, 11) is 3.19. The Morgan fingerprint density at radius 1 is 0.806 bits per heavy atom. The Labute approximate surface area is 216 Å². The van der Waals surface area contributed by atoms with Gasteiger partial charge >= 0.3 is 5.97 Å². The van der Waals surface area contributed by atoms with Gasteiger partial charge in [0.05, 0.1) is 50.7 Å². The standard InChI is InChI=1S/C25H49N3O8/c1-7-24(3,21(29)10-9-20(26-5)23(31)32)27-11-14-35-17-18-36-19-22(30)25(4,8-2)28-12-13-34-16-15-33-6/h20,26-28H,7-19H2,1-6H3,(H,31,32). The van der Waals surface area contributed by atoms with E-state index >= 15 is 0 Å². The lowest BCUT2D eigenvalue weighted by molar-refractivity contribution is -0.139. The summed E-state index contributed by atoms with van der Waals surface area (Å²) in [5, 5.41) is 18.3. The number of hydrogen-bond donors (Lipinski definition) is 4. The first-order valence-corrected chi connectivity index (χ1v) is 12.8. The normalized spacial score (nSPS) is 15.7. The SMILES string of the molecule is CCC(C)(NCCOCCOCC(=O)C(C)(CC)NCCOCCOC)C(=O)CCC(NC)C(=O)O. The predicted octanol–water partition coefficient (Wildman–Crippen LogP) is 0.790. The molecule has 36 heavy (non-hydrogen) atoms. The van der Waals surface area contributed by atoms with Gasteiger partial charge in [-0.3, -0.25) is 14.4 Å². The highest BCUT2D eigenvalue weighted by Gasteiger charge is 2.31. The van der Waals surface area contributed by atoms with Gasteiger partial charge in [-0.15, -0.1) is 0 Å². The predicted molar refractivity (Wildman–Crippen MR) is 137 cm³/mol. The van der Waals surface area contributed by atoms with E-state index in [1.165, 1.54) is 0 Å². The lowest BCUT2D eigenvalue weighted by atomic mass is 9.89. The third-order valence-corrected chi connectivity index (χ3v) is 6.51. The number of carbonyl (C=O) groups excluding carboxylic acids is 2. The molecule has 4 N–H and O–H groups in total. The van der Waals surface area contributed by atoms with Crippen LogP contribution < -0.4 is 16.0 Å². The fourth-order valence-corrected chi connectivity index (χ4v) is 3.37. The molecule has 0 aromatic rings. The molecule has 0 fully saturated rings. The van der Waals surface area contributed by atoms with E-state index in [1.54, 1.807) is 14.2 Å². The van der Waals surface area contributed by atoms with Crippen LogP contribution in [0.15, 0.2) is 0 Å². The van der Waals surface area contributed by atoms with Gasteiger partial charge in [0.1, 0.15) is 12.6 Å². The number of methoxy groups -OCH3 is 1. The quantitative estimate of drug-likeness (QED) is 0.127. The molecule has 0 spiro atoms. The maximum Gasteiger partial charge on any atom is 0.320 e. The average molecular weight is 520 g/mol. The molecule has 11 heteroatoms. The molecule has 0 heterocycles. The highest BCUT2D eigenvalue weighted by molar-refractivity contribution is 5.89. The second-order valence-electron chi connectivity index (χ2n) is 9.06. The maximum atomic E-state index is 12.6. The second kappa shape index (κ2) is 19.6. The van der Waals surface area contributed by atoms with Crippen molar-refractivity contribution >= 4 is 17.5 Å². The van der Waals surface area contributed by atoms with Crippen molar-refractivity contribution in [1.82, 2.24) is 16.0 Å². The van der Waals surface area contributed by atoms with Crippen LogP contribution in [0.25, 0.3) is 0 Å². The van der Waals surface area contributed by atoms with Crippen molar-refractivity contribution < 1.29 is 38.4 Å². The Morgan fingerprint density at radius 3 is 1.78 bits per heavy atom. The van der Waals surface area contributed by atoms with Crippen molar-refractivity contribution in [2.24, 2.45) is 0 Å². The molecule has 0 saturated carbocycles. The third kappa shape index (κ3) is 13.7. The lowest BCUT2D eigenvalue weighted by Crippen LogP contribution is -2.51. The molecule has 0 saturated heterocycles. The third-order valence-electron chi connectivity index (χ3n) is 6.51. The van der Waals surface area contributed by atoms with Crippen LogP contribution >= 0.6 is 0 Å². The van der Waals surface area contributed by atoms with E-state index in [2.05, 4.69) is 16.0 Å². The number of Topliss-reactive ketones (excluding diaryl/α,β-unsaturated/α-hetero) is 2. The minimum Gasteiger partial charge on any atom is -0.480 e. The number of nitrogens with one attached hydrogen (secondary N) is 3. The number of rotatable bonds is 25. The minimum atomic E-state index is -0.965. The lowest BCUT2D eigenvalue weighted by Gasteiger charge is -2.29. The Hall–Kier alpha value is -1.47. The minimum absolute atomic E-state index is 0.00412. The zero-order valence-corrected chi connectivity index (χ0v) is 23.1. The van der Waals surface area contributed by atoms with E-state index in [1.807, 2.05) is 27.7 Å². The number of ketones is 2. The molecule has 0 bridgehead atoms. The molecule has 3 unspecified atom stereocenters. The summed E-state index contributed by atoms with van der Waals surface area (Å²) >= 11 is 0. The fraction of sp³-hybridized carbons (Fsp3) is 0.880. The number of aliphatic carboxylic acids is 1. The fourth-order valence-electron chi connectivity index (χ4n) is 3.37. The van der Waals surface area contributed by atoms with Crippen molar-refractivity contribution in [1.29, 1.82) is 0 Å². The molecule has 0 rings (SSSR count). The molecule has 0 aliphatic heterocycles. The van der Waals surface area contributed by atoms with Gasteiger partial charge in [-0.25, -0.2) is 0 Å². The number of carboxylic acid groups (broad SMARTS) is 1. The van der Waals surface area contributed by atoms with Crippen LogP contribution in [0, 0.1) is 0 Å². The van der Waals surface area contributed by atoms with Gasteiger partial charge < -0.3 is 40.0 Å². The van der Waals surface area contributed by atoms with Gasteiger partial charge in [-0.1, -0.05) is 13.8 Å². The second-order valence-corrected chi connectivity index (χ2v) is 9.06. The maximum absolute atomic E-state index is 12.6. The number of likely N-dealkylation sites (N-methyl/N-ethyl adjacent to an activating group) is 1. The summed E-state index contributed by atoms with van der Waals surface area (Å²) in [6.07, 6.45) is 1.63. The molecule has 3 atom stereocenters. The summed E-state index contributed by atoms with van der Waals surface area (Å²) < 4.78 is 21.4. The zero-order valence-electron chi connectivity index (χ0n) is 23.1. The Bertz CT molecular complexity index is 636. The Balaban J connectivity index is 4.14. The summed E-state index contributed by atoms with van der Waals surface area (Å²) in [6, 6.07) is -0.739. The number of carbonyl (C=O) groups is 3. The number of carboxylic acids is 1. The molecule has 0 aromatic carbocycles. The summed E-state index contributed by atoms with van der Waals surface area (Å²) in [4.78, 5) is 36.4. The van der Waals surface area contributed by atoms with Crippen molar-refractivity contribution in [3.05, 3.63) is 0 Å². The van der Waals surface area contributed by atoms with Crippen LogP contribution in [0.2, 0.25) is 0 Å². The Kier molecular flexibility index (Phi) is 18.8. The van der Waals surface area contributed by atoms with Crippen molar-refractivity contribution in [3.63, 3.8) is 0 Å². The molecule has 0 aliphatic rings. The summed E-state index contributed by atoms with van der Waals surface area (Å²) in [5.41, 5.74) is -1.42. The van der Waals surface area contributed by atoms with Gasteiger partial charge in [0.15, 0.2) is 11.6 Å². The van der Waals surface area contributed by atoms with E-state index in [4.69, 9.17) is 24.1 Å². The van der Waals surface area contributed by atoms with Gasteiger partial charge in [0.25, 0.3) is 0 Å². The van der Waals surface area contributed by atoms with Crippen molar-refractivity contribution in [2.75, 3.05) is 73.5 Å². The number of hydrogen-bond acceptors (Lipinski definition) is 10. The van der Waals surface area contributed by atoms with Crippen LogP contribution in [0.5, 0.6) is 0 Å². The van der Waals surface area contributed by atoms with Gasteiger partial charge in [0, 0.05) is 26.6 Å². The van der Waals surface area contributed by atoms with E-state index in [0.29, 0.717) is 59.0 Å². The van der Waals surface area contributed by atoms with Crippen molar-refractivity contribution in [2.45, 2.75) is 70.5 Å². The van der Waals surface area contributed by atoms with Gasteiger partial charge in [0.2, 0.25) is 0 Å². The van der Waals surface area contributed by atoms with Crippen LogP contribution in [0.3, 0.4) is 0 Å². The zero-order chi connectivity index (χ0) is 27.5. The van der Waals surface area contributed by atoms with Crippen LogP contribution in [-0.2, 0) is 33.3 Å². The first-order chi connectivity index (χ1) is 17.1. The topological polar surface area (TPSA) is 144 Å². The van der Waals surface area contributed by atoms with Crippen molar-refractivity contribution in [3.8, 4) is 0 Å². The smallest absolute Gasteiger partial charge is 0.320 e. The van der Waals surface area contributed by atoms with Crippen LogP contribution in [0.1, 0.15) is 53.4 Å². The molecular weight excluding hydrogens is 470 g/mol. The molecule has 11 nitrogen and oxygen atoms in total. The molecule has 0 amide bonds. The summed E-state index contributed by atoms with van der Waals surface area (Å²) in [5.74, 6) is -1.01. The van der Waals surface area contributed by atoms with E-state index in [9.17, 15) is 14.4 Å². The molecule has 212 valence electrons. The molecule has 0 aliphatic carbocycles. The van der Waals surface area contributed by atoms with Gasteiger partial charge in [-0.2, -0.15) is 0 Å². The highest BCUT2D eigenvalue weighted by Crippen LogP contribution is 2.15. The van der Waals surface area contributed by atoms with E-state index in [0.717, 1.165) is 0 Å². The largest absolute Gasteiger partial charge is 0.480 e. The molecule has 0 radical (unpaired) electrons. The van der Waals surface area contributed by atoms with Crippen LogP contribution in [-0.4, -0.2) is 113 Å². The van der Waals surface area contributed by atoms with Crippen LogP contribution in [0.4, 0.5) is 0 Å². The first kappa shape index (κ1) is 34.5. The Morgan fingerprint density at radius 2 is 1.31 bits per heavy atom. The highest BCUT2D eigenvalue weighted by atomic mass is 16.5. The monoisotopic (exact) mass is 519 g/mol. The summed E-state index contributed by atoms with van der Waals surface area (Å²) in [6.45, 7) is 11.1. The van der Waals surface area contributed by atoms with Gasteiger partial charge in [-0.05, 0) is 40.2 Å². The van der Waals surface area contributed by atoms with E-state index < -0.39 is 23.1 Å².